The summed E-state index contributed by atoms with van der Waals surface area (Å²) < 4.78 is 11.4. The van der Waals surface area contributed by atoms with Crippen molar-refractivity contribution >= 4 is 11.9 Å². The summed E-state index contributed by atoms with van der Waals surface area (Å²) in [5.41, 5.74) is 1.68. The first-order valence-electron chi connectivity index (χ1n) is 7.36. The van der Waals surface area contributed by atoms with Gasteiger partial charge in [0.05, 0.1) is 11.5 Å². The first-order valence-corrected chi connectivity index (χ1v) is 7.36. The number of rotatable bonds is 5. The van der Waals surface area contributed by atoms with Crippen LogP contribution in [0.25, 0.3) is 0 Å². The number of aliphatic carboxylic acids is 1. The third-order valence-electron chi connectivity index (χ3n) is 3.59. The number of hydrogen-bond donors (Lipinski definition) is 0. The van der Waals surface area contributed by atoms with Gasteiger partial charge in [0.15, 0.2) is 0 Å². The van der Waals surface area contributed by atoms with Crippen LogP contribution in [0.5, 0.6) is 5.75 Å². The maximum atomic E-state index is 11.1. The number of nitrogens with zero attached hydrogens (tertiary/aromatic N) is 1. The Morgan fingerprint density at radius 2 is 1.83 bits per heavy atom. The van der Waals surface area contributed by atoms with E-state index in [0.29, 0.717) is 17.9 Å². The Balaban J connectivity index is 0.00000208. The fourth-order valence-corrected chi connectivity index (χ4v) is 2.38. The maximum absolute atomic E-state index is 11.1. The van der Waals surface area contributed by atoms with Crippen molar-refractivity contribution in [3.8, 4) is 5.75 Å². The Kier molecular flexibility index (Phi) is 6.43. The Hall–Kier alpha value is -1.82. The van der Waals surface area contributed by atoms with E-state index in [2.05, 4.69) is 4.99 Å². The molecule has 118 valence electrons. The quantitative estimate of drug-likeness (QED) is 0.628. The van der Waals surface area contributed by atoms with Crippen LogP contribution in [0.3, 0.4) is 0 Å². The Morgan fingerprint density at radius 1 is 1.17 bits per heavy atom. The first-order chi connectivity index (χ1) is 11.1. The van der Waals surface area contributed by atoms with Crippen molar-refractivity contribution in [1.29, 1.82) is 0 Å². The second-order valence-electron chi connectivity index (χ2n) is 5.29. The van der Waals surface area contributed by atoms with Crippen LogP contribution in [-0.2, 0) is 16.1 Å². The fourth-order valence-electron chi connectivity index (χ4n) is 2.38. The largest absolute Gasteiger partial charge is 1.00 e. The van der Waals surface area contributed by atoms with E-state index >= 15 is 0 Å². The molecule has 3 rings (SSSR count). The molecule has 0 saturated heterocycles. The molecular weight excluding hydrogens is 317 g/mol. The minimum atomic E-state index is -1.24. The number of carbonyl (C=O) groups excluding carboxylic acids is 1. The number of carbonyl (C=O) groups is 1. The molecule has 0 N–H and O–H groups in total. The number of benzene rings is 2. The van der Waals surface area contributed by atoms with E-state index in [4.69, 9.17) is 9.47 Å². The van der Waals surface area contributed by atoms with Gasteiger partial charge in [-0.05, 0) is 24.6 Å². The van der Waals surface area contributed by atoms with Crippen LogP contribution < -0.4 is 39.4 Å². The van der Waals surface area contributed by atoms with Crippen LogP contribution in [0.15, 0.2) is 59.6 Å². The molecule has 5 nitrogen and oxygen atoms in total. The van der Waals surface area contributed by atoms with E-state index in [1.54, 1.807) is 19.1 Å². The van der Waals surface area contributed by atoms with Gasteiger partial charge in [0, 0.05) is 0 Å². The van der Waals surface area contributed by atoms with Gasteiger partial charge in [0.25, 0.3) is 0 Å². The van der Waals surface area contributed by atoms with Gasteiger partial charge >= 0.3 is 29.6 Å². The molecule has 0 spiro atoms. The fraction of sp³-hybridized carbons (Fsp3) is 0.222. The van der Waals surface area contributed by atoms with Crippen LogP contribution >= 0.6 is 0 Å². The molecule has 2 atom stereocenters. The normalized spacial score (nSPS) is 19.0. The van der Waals surface area contributed by atoms with Crippen LogP contribution in [0.4, 0.5) is 0 Å². The number of para-hydroxylation sites is 1. The standard InChI is InChI=1S/C18H17NO4.Na/c1-12-16(18(20)21)19-17(23-12)14-9-5-6-10-15(14)22-11-13-7-3-2-4-8-13;/h2-10,12,16H,11H2,1H3,(H,20,21);/q;+1/p-1/t12-,16-;/m1./s1. The van der Waals surface area contributed by atoms with Gasteiger partial charge in [-0.3, -0.25) is 0 Å². The number of carboxylic acids is 1. The molecule has 0 aliphatic carbocycles. The average Bonchev–Trinajstić information content (AvgIpc) is 2.96. The van der Waals surface area contributed by atoms with Crippen molar-refractivity contribution in [1.82, 2.24) is 0 Å². The van der Waals surface area contributed by atoms with Crippen molar-refractivity contribution in [2.24, 2.45) is 4.99 Å². The van der Waals surface area contributed by atoms with Crippen LogP contribution in [0.2, 0.25) is 0 Å². The van der Waals surface area contributed by atoms with Crippen LogP contribution in [0, 0.1) is 0 Å². The van der Waals surface area contributed by atoms with Gasteiger partial charge < -0.3 is 19.4 Å². The molecule has 0 fully saturated rings. The molecule has 0 aromatic heterocycles. The molecule has 2 aromatic rings. The molecule has 24 heavy (non-hydrogen) atoms. The second-order valence-corrected chi connectivity index (χ2v) is 5.29. The SMILES string of the molecule is C[C@H]1OC(c2ccccc2OCc2ccccc2)=N[C@H]1C(=O)[O-].[Na+]. The Morgan fingerprint density at radius 3 is 2.50 bits per heavy atom. The summed E-state index contributed by atoms with van der Waals surface area (Å²) in [5.74, 6) is -0.369. The van der Waals surface area contributed by atoms with E-state index in [-0.39, 0.29) is 35.5 Å². The zero-order valence-corrected chi connectivity index (χ0v) is 15.6. The number of hydrogen-bond acceptors (Lipinski definition) is 5. The summed E-state index contributed by atoms with van der Waals surface area (Å²) in [6.45, 7) is 2.06. The van der Waals surface area contributed by atoms with Crippen molar-refractivity contribution in [2.45, 2.75) is 25.7 Å². The van der Waals surface area contributed by atoms with Gasteiger partial charge in [-0.2, -0.15) is 0 Å². The second kappa shape index (κ2) is 8.33. The van der Waals surface area contributed by atoms with Crippen molar-refractivity contribution in [2.75, 3.05) is 0 Å². The van der Waals surface area contributed by atoms with E-state index in [1.165, 1.54) is 0 Å². The average molecular weight is 333 g/mol. The van der Waals surface area contributed by atoms with Crippen molar-refractivity contribution in [3.05, 3.63) is 65.7 Å². The van der Waals surface area contributed by atoms with Crippen LogP contribution in [-0.4, -0.2) is 24.0 Å². The minimum absolute atomic E-state index is 0. The Labute approximate surface area is 162 Å². The number of carboxylic acid groups (broad SMARTS) is 1. The summed E-state index contributed by atoms with van der Waals surface area (Å²) >= 11 is 0. The molecule has 1 heterocycles. The van der Waals surface area contributed by atoms with Crippen LogP contribution in [0.1, 0.15) is 18.1 Å². The molecule has 0 saturated carbocycles. The van der Waals surface area contributed by atoms with Crippen molar-refractivity contribution < 1.29 is 48.9 Å². The Bertz CT molecular complexity index is 733. The van der Waals surface area contributed by atoms with Gasteiger partial charge in [0.2, 0.25) is 5.90 Å². The van der Waals surface area contributed by atoms with Gasteiger partial charge in [-0.25, -0.2) is 4.99 Å². The minimum Gasteiger partial charge on any atom is -0.548 e. The zero-order chi connectivity index (χ0) is 16.2. The third kappa shape index (κ3) is 4.17. The van der Waals surface area contributed by atoms with Gasteiger partial charge in [-0.1, -0.05) is 42.5 Å². The number of aliphatic imine (C=N–C) groups is 1. The molecule has 0 bridgehead atoms. The van der Waals surface area contributed by atoms with E-state index < -0.39 is 18.1 Å². The predicted octanol–water partition coefficient (Wildman–Crippen LogP) is -1.45. The third-order valence-corrected chi connectivity index (χ3v) is 3.59. The summed E-state index contributed by atoms with van der Waals surface area (Å²) in [4.78, 5) is 15.2. The molecule has 2 aromatic carbocycles. The molecule has 0 unspecified atom stereocenters. The molecular formula is C18H16NNaO4. The van der Waals surface area contributed by atoms with E-state index in [1.807, 2.05) is 42.5 Å². The monoisotopic (exact) mass is 333 g/mol. The molecule has 1 aliphatic heterocycles. The van der Waals surface area contributed by atoms with E-state index in [0.717, 1.165) is 5.56 Å². The summed E-state index contributed by atoms with van der Waals surface area (Å²) in [7, 11) is 0. The molecule has 0 amide bonds. The number of ether oxygens (including phenoxy) is 2. The molecule has 0 radical (unpaired) electrons. The summed E-state index contributed by atoms with van der Waals surface area (Å²) in [6.07, 6.45) is -0.558. The molecule has 1 aliphatic rings. The van der Waals surface area contributed by atoms with Gasteiger partial charge in [0.1, 0.15) is 24.5 Å². The van der Waals surface area contributed by atoms with E-state index in [9.17, 15) is 9.90 Å². The topological polar surface area (TPSA) is 71.0 Å². The first kappa shape index (κ1) is 18.5. The summed E-state index contributed by atoms with van der Waals surface area (Å²) in [6, 6.07) is 16.1. The maximum Gasteiger partial charge on any atom is 1.00 e. The predicted molar refractivity (Wildman–Crippen MR) is 83.1 cm³/mol. The zero-order valence-electron chi connectivity index (χ0n) is 13.6. The smallest absolute Gasteiger partial charge is 0.548 e. The summed E-state index contributed by atoms with van der Waals surface area (Å²) in [5, 5.41) is 11.1. The van der Waals surface area contributed by atoms with Crippen molar-refractivity contribution in [3.63, 3.8) is 0 Å². The molecule has 6 heteroatoms. The van der Waals surface area contributed by atoms with Gasteiger partial charge in [-0.15, -0.1) is 0 Å².